The summed E-state index contributed by atoms with van der Waals surface area (Å²) in [4.78, 5) is 2.17. The lowest BCUT2D eigenvalue weighted by molar-refractivity contribution is 0.159. The van der Waals surface area contributed by atoms with Crippen LogP contribution in [0.25, 0.3) is 0 Å². The molecule has 1 heterocycles. The maximum absolute atomic E-state index is 14.1. The van der Waals surface area contributed by atoms with E-state index in [1.165, 1.54) is 0 Å². The van der Waals surface area contributed by atoms with Crippen LogP contribution in [0, 0.1) is 17.5 Å². The van der Waals surface area contributed by atoms with Crippen LogP contribution in [0.2, 0.25) is 0 Å². The largest absolute Gasteiger partial charge is 0.314 e. The van der Waals surface area contributed by atoms with Gasteiger partial charge in [-0.15, -0.1) is 24.8 Å². The van der Waals surface area contributed by atoms with E-state index in [1.807, 2.05) is 0 Å². The quantitative estimate of drug-likeness (QED) is 0.585. The van der Waals surface area contributed by atoms with Crippen molar-refractivity contribution in [2.45, 2.75) is 38.6 Å². The summed E-state index contributed by atoms with van der Waals surface area (Å²) < 4.78 is 40.7. The number of unbranched alkanes of at least 4 members (excludes halogenated alkanes) is 2. The van der Waals surface area contributed by atoms with Crippen molar-refractivity contribution >= 4 is 24.8 Å². The summed E-state index contributed by atoms with van der Waals surface area (Å²) in [5.41, 5.74) is 0.284. The first-order valence-electron chi connectivity index (χ1n) is 7.72. The Labute approximate surface area is 148 Å². The van der Waals surface area contributed by atoms with Gasteiger partial charge >= 0.3 is 0 Å². The molecule has 2 rings (SSSR count). The van der Waals surface area contributed by atoms with Gasteiger partial charge in [-0.2, -0.15) is 0 Å². The van der Waals surface area contributed by atoms with Gasteiger partial charge in [0.2, 0.25) is 0 Å². The van der Waals surface area contributed by atoms with E-state index < -0.39 is 17.5 Å². The van der Waals surface area contributed by atoms with Gasteiger partial charge in [-0.25, -0.2) is 13.2 Å². The monoisotopic (exact) mass is 372 g/mol. The molecule has 23 heavy (non-hydrogen) atoms. The average molecular weight is 373 g/mol. The zero-order valence-electron chi connectivity index (χ0n) is 13.3. The second-order valence-electron chi connectivity index (χ2n) is 5.59. The normalized spacial score (nSPS) is 16.3. The number of hydrogen-bond donors (Lipinski definition) is 1. The zero-order chi connectivity index (χ0) is 15.2. The topological polar surface area (TPSA) is 15.3 Å². The minimum Gasteiger partial charge on any atom is -0.314 e. The molecule has 0 unspecified atom stereocenters. The van der Waals surface area contributed by atoms with Crippen LogP contribution in [-0.2, 0) is 0 Å². The summed E-state index contributed by atoms with van der Waals surface area (Å²) in [7, 11) is 0. The molecule has 0 saturated carbocycles. The molecular weight excluding hydrogens is 348 g/mol. The maximum Gasteiger partial charge on any atom is 0.161 e. The van der Waals surface area contributed by atoms with Crippen LogP contribution >= 0.6 is 24.8 Å². The summed E-state index contributed by atoms with van der Waals surface area (Å²) >= 11 is 0. The van der Waals surface area contributed by atoms with Gasteiger partial charge in [-0.1, -0.05) is 26.2 Å². The first-order chi connectivity index (χ1) is 10.1. The van der Waals surface area contributed by atoms with E-state index in [9.17, 15) is 13.2 Å². The molecule has 0 amide bonds. The Kier molecular flexibility index (Phi) is 10.9. The summed E-state index contributed by atoms with van der Waals surface area (Å²) in [5.74, 6) is -2.74. The zero-order valence-corrected chi connectivity index (χ0v) is 14.9. The second kappa shape index (κ2) is 11.1. The van der Waals surface area contributed by atoms with Crippen molar-refractivity contribution in [1.82, 2.24) is 10.2 Å². The Morgan fingerprint density at radius 1 is 1.00 bits per heavy atom. The highest BCUT2D eigenvalue weighted by molar-refractivity contribution is 5.85. The van der Waals surface area contributed by atoms with Crippen molar-refractivity contribution in [3.05, 3.63) is 35.1 Å². The van der Waals surface area contributed by atoms with Crippen molar-refractivity contribution in [1.29, 1.82) is 0 Å². The highest BCUT2D eigenvalue weighted by Crippen LogP contribution is 2.30. The number of nitrogens with one attached hydrogen (secondary N) is 1. The molecule has 1 N–H and O–H groups in total. The van der Waals surface area contributed by atoms with Crippen LogP contribution in [0.5, 0.6) is 0 Å². The second-order valence-corrected chi connectivity index (χ2v) is 5.59. The highest BCUT2D eigenvalue weighted by Gasteiger charge is 2.25. The first-order valence-corrected chi connectivity index (χ1v) is 7.72. The summed E-state index contributed by atoms with van der Waals surface area (Å²) in [6, 6.07) is 1.52. The third-order valence-electron chi connectivity index (χ3n) is 4.07. The standard InChI is InChI=1S/C16H23F3N2.2ClH/c1-2-3-4-5-16(21-8-6-20-7-9-21)12-10-14(18)15(19)11-13(12)17;;/h10-11,16,20H,2-9H2,1H3;2*1H/t16-;;/m0../s1. The summed E-state index contributed by atoms with van der Waals surface area (Å²) in [5, 5.41) is 3.25. The molecule has 0 radical (unpaired) electrons. The van der Waals surface area contributed by atoms with Crippen LogP contribution in [0.15, 0.2) is 12.1 Å². The predicted molar refractivity (Wildman–Crippen MR) is 92.1 cm³/mol. The smallest absolute Gasteiger partial charge is 0.161 e. The van der Waals surface area contributed by atoms with Crippen LogP contribution in [0.4, 0.5) is 13.2 Å². The van der Waals surface area contributed by atoms with E-state index in [-0.39, 0.29) is 36.4 Å². The Hall–Kier alpha value is -0.490. The van der Waals surface area contributed by atoms with Crippen LogP contribution in [0.1, 0.15) is 44.2 Å². The minimum absolute atomic E-state index is 0. The molecule has 134 valence electrons. The molecular formula is C16H25Cl2F3N2. The van der Waals surface area contributed by atoms with Gasteiger partial charge in [0.15, 0.2) is 11.6 Å². The Bertz CT molecular complexity index is 469. The van der Waals surface area contributed by atoms with Gasteiger partial charge in [0.05, 0.1) is 0 Å². The van der Waals surface area contributed by atoms with E-state index >= 15 is 0 Å². The molecule has 7 heteroatoms. The van der Waals surface area contributed by atoms with Crippen molar-refractivity contribution in [2.75, 3.05) is 26.2 Å². The average Bonchev–Trinajstić information content (AvgIpc) is 2.49. The van der Waals surface area contributed by atoms with Crippen molar-refractivity contribution in [3.8, 4) is 0 Å². The molecule has 2 nitrogen and oxygen atoms in total. The van der Waals surface area contributed by atoms with Gasteiger partial charge in [-0.05, 0) is 12.5 Å². The molecule has 1 atom stereocenters. The molecule has 1 aliphatic heterocycles. The van der Waals surface area contributed by atoms with E-state index in [0.29, 0.717) is 6.07 Å². The van der Waals surface area contributed by atoms with Gasteiger partial charge in [-0.3, -0.25) is 4.90 Å². The summed E-state index contributed by atoms with van der Waals surface area (Å²) in [6.07, 6.45) is 3.88. The Morgan fingerprint density at radius 3 is 2.22 bits per heavy atom. The van der Waals surface area contributed by atoms with Crippen LogP contribution < -0.4 is 5.32 Å². The lowest BCUT2D eigenvalue weighted by Crippen LogP contribution is -2.45. The van der Waals surface area contributed by atoms with Crippen LogP contribution in [0.3, 0.4) is 0 Å². The molecule has 1 aromatic rings. The molecule has 1 aliphatic rings. The Balaban J connectivity index is 0.00000242. The van der Waals surface area contributed by atoms with Crippen molar-refractivity contribution < 1.29 is 13.2 Å². The highest BCUT2D eigenvalue weighted by atomic mass is 35.5. The fraction of sp³-hybridized carbons (Fsp3) is 0.625. The number of piperazine rings is 1. The van der Waals surface area contributed by atoms with E-state index in [0.717, 1.165) is 57.9 Å². The fourth-order valence-corrected chi connectivity index (χ4v) is 2.91. The van der Waals surface area contributed by atoms with E-state index in [4.69, 9.17) is 0 Å². The molecule has 1 aromatic carbocycles. The van der Waals surface area contributed by atoms with Crippen molar-refractivity contribution in [3.63, 3.8) is 0 Å². The number of hydrogen-bond acceptors (Lipinski definition) is 2. The minimum atomic E-state index is -1.12. The van der Waals surface area contributed by atoms with Gasteiger partial charge in [0.1, 0.15) is 5.82 Å². The third-order valence-corrected chi connectivity index (χ3v) is 4.07. The van der Waals surface area contributed by atoms with Gasteiger partial charge in [0, 0.05) is 43.9 Å². The molecule has 0 bridgehead atoms. The Morgan fingerprint density at radius 2 is 1.61 bits per heavy atom. The SMILES string of the molecule is CCCCC[C@@H](c1cc(F)c(F)cc1F)N1CCNCC1.Cl.Cl. The lowest BCUT2D eigenvalue weighted by Gasteiger charge is -2.35. The molecule has 1 fully saturated rings. The number of rotatable bonds is 6. The first kappa shape index (κ1) is 22.5. The predicted octanol–water partition coefficient (Wildman–Crippen LogP) is 4.47. The van der Waals surface area contributed by atoms with Gasteiger partial charge < -0.3 is 5.32 Å². The maximum atomic E-state index is 14.1. The molecule has 0 spiro atoms. The fourth-order valence-electron chi connectivity index (χ4n) is 2.91. The number of nitrogens with zero attached hydrogens (tertiary/aromatic N) is 1. The summed E-state index contributed by atoms with van der Waals surface area (Å²) in [6.45, 7) is 5.40. The van der Waals surface area contributed by atoms with Crippen LogP contribution in [-0.4, -0.2) is 31.1 Å². The molecule has 0 aliphatic carbocycles. The molecule has 1 saturated heterocycles. The van der Waals surface area contributed by atoms with E-state index in [1.54, 1.807) is 0 Å². The van der Waals surface area contributed by atoms with Gasteiger partial charge in [0.25, 0.3) is 0 Å². The molecule has 0 aromatic heterocycles. The number of halogens is 5. The van der Waals surface area contributed by atoms with E-state index in [2.05, 4.69) is 17.1 Å². The lowest BCUT2D eigenvalue weighted by atomic mass is 9.97. The number of benzene rings is 1. The third kappa shape index (κ3) is 6.14. The van der Waals surface area contributed by atoms with Crippen molar-refractivity contribution in [2.24, 2.45) is 0 Å².